The predicted molar refractivity (Wildman–Crippen MR) is 123 cm³/mol. The van der Waals surface area contributed by atoms with Crippen molar-refractivity contribution in [2.75, 3.05) is 4.90 Å². The lowest BCUT2D eigenvalue weighted by Crippen LogP contribution is -2.38. The number of H-pyrrole nitrogens is 1. The summed E-state index contributed by atoms with van der Waals surface area (Å²) < 4.78 is 40.3. The minimum atomic E-state index is -4.55. The summed E-state index contributed by atoms with van der Waals surface area (Å²) in [6.45, 7) is 0. The van der Waals surface area contributed by atoms with Crippen LogP contribution in [-0.2, 0) is 11.0 Å². The zero-order chi connectivity index (χ0) is 24.7. The van der Waals surface area contributed by atoms with E-state index in [0.717, 1.165) is 17.7 Å². The van der Waals surface area contributed by atoms with Crippen LogP contribution in [0.15, 0.2) is 83.5 Å². The molecule has 1 atom stereocenters. The van der Waals surface area contributed by atoms with Gasteiger partial charge >= 0.3 is 6.18 Å². The first-order valence-corrected chi connectivity index (χ1v) is 11.0. The molecule has 2 aromatic carbocycles. The van der Waals surface area contributed by atoms with Gasteiger partial charge in [0.25, 0.3) is 0 Å². The summed E-state index contributed by atoms with van der Waals surface area (Å²) in [6.07, 6.45) is -1.73. The van der Waals surface area contributed by atoms with Crippen molar-refractivity contribution in [1.82, 2.24) is 10.2 Å². The normalized spacial score (nSPS) is 18.5. The molecule has 9 heteroatoms. The number of rotatable bonds is 3. The molecule has 3 N–H and O–H groups in total. The van der Waals surface area contributed by atoms with Gasteiger partial charge in [-0.15, -0.1) is 0 Å². The molecule has 0 saturated heterocycles. The van der Waals surface area contributed by atoms with Gasteiger partial charge in [0.05, 0.1) is 35.0 Å². The highest BCUT2D eigenvalue weighted by Crippen LogP contribution is 2.48. The van der Waals surface area contributed by atoms with E-state index in [-0.39, 0.29) is 29.3 Å². The molecule has 176 valence electrons. The summed E-state index contributed by atoms with van der Waals surface area (Å²) in [6, 6.07) is 16.2. The number of carbonyl (C=O) groups excluding carboxylic acids is 1. The Labute approximate surface area is 199 Å². The van der Waals surface area contributed by atoms with Crippen molar-refractivity contribution < 1.29 is 18.0 Å². The van der Waals surface area contributed by atoms with Crippen molar-refractivity contribution in [3.05, 3.63) is 94.6 Å². The summed E-state index contributed by atoms with van der Waals surface area (Å²) in [5.74, 6) is -0.932. The van der Waals surface area contributed by atoms with Crippen LogP contribution in [0.2, 0.25) is 0 Å². The van der Waals surface area contributed by atoms with Crippen molar-refractivity contribution in [2.24, 2.45) is 5.73 Å². The topological polar surface area (TPSA) is 98.8 Å². The number of nitriles is 1. The molecule has 0 fully saturated rings. The van der Waals surface area contributed by atoms with Crippen LogP contribution < -0.4 is 10.6 Å². The van der Waals surface area contributed by atoms with E-state index in [2.05, 4.69) is 16.3 Å². The van der Waals surface area contributed by atoms with Crippen LogP contribution in [0.5, 0.6) is 0 Å². The fourth-order valence-electron chi connectivity index (χ4n) is 4.86. The Morgan fingerprint density at radius 1 is 1.11 bits per heavy atom. The van der Waals surface area contributed by atoms with Gasteiger partial charge in [0.2, 0.25) is 0 Å². The average molecular weight is 475 g/mol. The summed E-state index contributed by atoms with van der Waals surface area (Å²) in [5.41, 5.74) is 8.87. The number of nitrogens with two attached hydrogens (primary N) is 1. The largest absolute Gasteiger partial charge is 0.416 e. The molecule has 0 radical (unpaired) electrons. The van der Waals surface area contributed by atoms with Gasteiger partial charge in [-0.25, -0.2) is 0 Å². The van der Waals surface area contributed by atoms with Crippen molar-refractivity contribution in [1.29, 1.82) is 5.26 Å². The number of benzene rings is 2. The van der Waals surface area contributed by atoms with Crippen molar-refractivity contribution in [3.63, 3.8) is 0 Å². The van der Waals surface area contributed by atoms with E-state index in [1.807, 2.05) is 30.3 Å². The molecule has 6 nitrogen and oxygen atoms in total. The van der Waals surface area contributed by atoms with E-state index in [0.29, 0.717) is 35.4 Å². The number of allylic oxidation sites excluding steroid dienone is 3. The van der Waals surface area contributed by atoms with Gasteiger partial charge in [-0.05, 0) is 36.6 Å². The first kappa shape index (κ1) is 22.5. The molecule has 0 saturated carbocycles. The van der Waals surface area contributed by atoms with Crippen LogP contribution in [0.4, 0.5) is 18.9 Å². The molecule has 0 spiro atoms. The Kier molecular flexibility index (Phi) is 5.44. The minimum Gasteiger partial charge on any atom is -0.384 e. The molecule has 0 bridgehead atoms. The van der Waals surface area contributed by atoms with Crippen molar-refractivity contribution in [3.8, 4) is 17.3 Å². The second-order valence-electron chi connectivity index (χ2n) is 8.43. The summed E-state index contributed by atoms with van der Waals surface area (Å²) in [4.78, 5) is 14.7. The maximum atomic E-state index is 13.4. The van der Waals surface area contributed by atoms with E-state index >= 15 is 0 Å². The highest BCUT2D eigenvalue weighted by molar-refractivity contribution is 6.01. The molecule has 5 rings (SSSR count). The van der Waals surface area contributed by atoms with E-state index < -0.39 is 17.7 Å². The molecular formula is C26H20F3N5O. The third kappa shape index (κ3) is 3.77. The van der Waals surface area contributed by atoms with Gasteiger partial charge in [-0.2, -0.15) is 23.5 Å². The van der Waals surface area contributed by atoms with Gasteiger partial charge in [-0.3, -0.25) is 14.8 Å². The standard InChI is InChI=1S/C26H20F3N5O/c27-26(28,29)16-8-4-9-17(12-16)34-20-10-5-11-21(35)23(20)22(18(13-30)25(34)31)19-14-32-33-24(19)15-6-2-1-3-7-15/h1-4,6-9,12,14,22H,5,10-11,31H2,(H,32,33). The first-order valence-electron chi connectivity index (χ1n) is 11.0. The lowest BCUT2D eigenvalue weighted by atomic mass is 9.75. The number of alkyl halides is 3. The summed E-state index contributed by atoms with van der Waals surface area (Å²) >= 11 is 0. The summed E-state index contributed by atoms with van der Waals surface area (Å²) in [5, 5.41) is 17.3. The monoisotopic (exact) mass is 475 g/mol. The number of aromatic amines is 1. The van der Waals surface area contributed by atoms with Crippen LogP contribution in [0, 0.1) is 11.3 Å². The number of ketones is 1. The maximum Gasteiger partial charge on any atom is 0.416 e. The third-order valence-electron chi connectivity index (χ3n) is 6.39. The lowest BCUT2D eigenvalue weighted by Gasteiger charge is -2.39. The van der Waals surface area contributed by atoms with Crippen LogP contribution >= 0.6 is 0 Å². The quantitative estimate of drug-likeness (QED) is 0.529. The zero-order valence-electron chi connectivity index (χ0n) is 18.4. The van der Waals surface area contributed by atoms with Crippen LogP contribution in [0.3, 0.4) is 0 Å². The number of anilines is 1. The molecule has 0 amide bonds. The molecular weight excluding hydrogens is 455 g/mol. The Balaban J connectivity index is 1.73. The Hall–Kier alpha value is -4.32. The van der Waals surface area contributed by atoms with Gasteiger partial charge in [0.1, 0.15) is 5.82 Å². The average Bonchev–Trinajstić information content (AvgIpc) is 3.33. The second kappa shape index (κ2) is 8.47. The molecule has 1 aliphatic carbocycles. The SMILES string of the molecule is N#CC1=C(N)N(c2cccc(C(F)(F)F)c2)C2=C(C(=O)CCC2)C1c1cn[nH]c1-c1ccccc1. The van der Waals surface area contributed by atoms with Gasteiger partial charge in [0, 0.05) is 28.9 Å². The van der Waals surface area contributed by atoms with E-state index in [9.17, 15) is 23.2 Å². The second-order valence-corrected chi connectivity index (χ2v) is 8.43. The van der Waals surface area contributed by atoms with Crippen LogP contribution in [0.1, 0.15) is 36.3 Å². The van der Waals surface area contributed by atoms with E-state index in [4.69, 9.17) is 5.73 Å². The molecule has 1 aliphatic heterocycles. The number of nitrogens with one attached hydrogen (secondary N) is 1. The predicted octanol–water partition coefficient (Wildman–Crippen LogP) is 5.40. The number of nitrogens with zero attached hydrogens (tertiary/aromatic N) is 3. The molecule has 35 heavy (non-hydrogen) atoms. The number of hydrogen-bond acceptors (Lipinski definition) is 5. The maximum absolute atomic E-state index is 13.4. The number of carbonyl (C=O) groups is 1. The van der Waals surface area contributed by atoms with Crippen molar-refractivity contribution >= 4 is 11.5 Å². The molecule has 1 unspecified atom stereocenters. The number of halogens is 3. The smallest absolute Gasteiger partial charge is 0.384 e. The lowest BCUT2D eigenvalue weighted by molar-refractivity contribution is -0.137. The highest BCUT2D eigenvalue weighted by Gasteiger charge is 2.42. The fraction of sp³-hybridized carbons (Fsp3) is 0.192. The van der Waals surface area contributed by atoms with Gasteiger partial charge in [-0.1, -0.05) is 36.4 Å². The molecule has 1 aromatic heterocycles. The van der Waals surface area contributed by atoms with Crippen molar-refractivity contribution in [2.45, 2.75) is 31.4 Å². The zero-order valence-corrected chi connectivity index (χ0v) is 18.4. The van der Waals surface area contributed by atoms with Crippen LogP contribution in [-0.4, -0.2) is 16.0 Å². The Morgan fingerprint density at radius 3 is 2.60 bits per heavy atom. The summed E-state index contributed by atoms with van der Waals surface area (Å²) in [7, 11) is 0. The number of aromatic nitrogens is 2. The highest BCUT2D eigenvalue weighted by atomic mass is 19.4. The molecule has 3 aromatic rings. The first-order chi connectivity index (χ1) is 16.8. The van der Waals surface area contributed by atoms with Gasteiger partial charge < -0.3 is 5.73 Å². The third-order valence-corrected chi connectivity index (χ3v) is 6.39. The van der Waals surface area contributed by atoms with Crippen LogP contribution in [0.25, 0.3) is 11.3 Å². The molecule has 2 heterocycles. The van der Waals surface area contributed by atoms with Gasteiger partial charge in [0.15, 0.2) is 5.78 Å². The Bertz CT molecular complexity index is 1410. The number of hydrogen-bond donors (Lipinski definition) is 2. The minimum absolute atomic E-state index is 0.00508. The van der Waals surface area contributed by atoms with E-state index in [1.165, 1.54) is 17.0 Å². The van der Waals surface area contributed by atoms with E-state index in [1.54, 1.807) is 6.20 Å². The molecule has 2 aliphatic rings. The number of Topliss-reactive ketones (excluding diaryl/α,β-unsaturated/α-hetero) is 1. The Morgan fingerprint density at radius 2 is 1.89 bits per heavy atom. The fourth-order valence-corrected chi connectivity index (χ4v) is 4.86.